The summed E-state index contributed by atoms with van der Waals surface area (Å²) in [5.74, 6) is -0.144. The van der Waals surface area contributed by atoms with Crippen molar-refractivity contribution in [3.63, 3.8) is 0 Å². The third kappa shape index (κ3) is 5.00. The molecule has 0 fully saturated rings. The molecule has 6 heteroatoms. The number of esters is 1. The second kappa shape index (κ2) is 8.16. The van der Waals surface area contributed by atoms with Crippen molar-refractivity contribution in [1.82, 2.24) is 20.3 Å². The van der Waals surface area contributed by atoms with E-state index < -0.39 is 0 Å². The maximum absolute atomic E-state index is 11.2. The number of para-hydroxylation sites is 1. The lowest BCUT2D eigenvalue weighted by Crippen LogP contribution is -2.17. The van der Waals surface area contributed by atoms with Gasteiger partial charge in [-0.1, -0.05) is 18.2 Å². The van der Waals surface area contributed by atoms with Crippen LogP contribution in [0.5, 0.6) is 0 Å². The van der Waals surface area contributed by atoms with E-state index in [9.17, 15) is 4.79 Å². The van der Waals surface area contributed by atoms with Gasteiger partial charge in [0.1, 0.15) is 0 Å². The van der Waals surface area contributed by atoms with Crippen LogP contribution in [0.4, 0.5) is 0 Å². The van der Waals surface area contributed by atoms with Crippen molar-refractivity contribution in [2.45, 2.75) is 26.3 Å². The maximum Gasteiger partial charge on any atom is 0.305 e. The second-order valence-corrected chi connectivity index (χ2v) is 4.55. The van der Waals surface area contributed by atoms with Crippen LogP contribution < -0.4 is 5.32 Å². The minimum atomic E-state index is -0.144. The predicted octanol–water partition coefficient (Wildman–Crippen LogP) is 1.70. The number of carbonyl (C=O) groups excluding carboxylic acids is 1. The molecule has 1 aromatic heterocycles. The van der Waals surface area contributed by atoms with Crippen LogP contribution in [0.2, 0.25) is 0 Å². The highest BCUT2D eigenvalue weighted by molar-refractivity contribution is 5.69. The highest BCUT2D eigenvalue weighted by atomic mass is 16.5. The van der Waals surface area contributed by atoms with Crippen LogP contribution >= 0.6 is 0 Å². The largest absolute Gasteiger partial charge is 0.466 e. The Kier molecular flexibility index (Phi) is 5.90. The summed E-state index contributed by atoms with van der Waals surface area (Å²) in [5, 5.41) is 11.9. The van der Waals surface area contributed by atoms with Crippen LogP contribution in [0.3, 0.4) is 0 Å². The zero-order chi connectivity index (χ0) is 14.9. The van der Waals surface area contributed by atoms with Gasteiger partial charge in [-0.05, 0) is 32.0 Å². The van der Waals surface area contributed by atoms with E-state index in [0.29, 0.717) is 19.6 Å². The van der Waals surface area contributed by atoms with E-state index in [4.69, 9.17) is 4.74 Å². The third-order valence-electron chi connectivity index (χ3n) is 2.87. The summed E-state index contributed by atoms with van der Waals surface area (Å²) in [7, 11) is 0. The van der Waals surface area contributed by atoms with Crippen LogP contribution in [-0.4, -0.2) is 34.1 Å². The van der Waals surface area contributed by atoms with Gasteiger partial charge in [0.25, 0.3) is 0 Å². The number of hydrogen-bond donors (Lipinski definition) is 1. The van der Waals surface area contributed by atoms with Crippen LogP contribution in [0.1, 0.15) is 25.5 Å². The number of hydrogen-bond acceptors (Lipinski definition) is 5. The molecule has 0 amide bonds. The molecule has 0 spiro atoms. The van der Waals surface area contributed by atoms with Crippen molar-refractivity contribution in [1.29, 1.82) is 0 Å². The smallest absolute Gasteiger partial charge is 0.305 e. The summed E-state index contributed by atoms with van der Waals surface area (Å²) in [5.41, 5.74) is 1.81. The monoisotopic (exact) mass is 288 g/mol. The van der Waals surface area contributed by atoms with Crippen molar-refractivity contribution in [2.75, 3.05) is 13.2 Å². The van der Waals surface area contributed by atoms with Gasteiger partial charge >= 0.3 is 5.97 Å². The fourth-order valence-electron chi connectivity index (χ4n) is 1.87. The average Bonchev–Trinajstić information content (AvgIpc) is 2.97. The van der Waals surface area contributed by atoms with Gasteiger partial charge in [-0.3, -0.25) is 4.79 Å². The average molecular weight is 288 g/mol. The van der Waals surface area contributed by atoms with Crippen molar-refractivity contribution >= 4 is 5.97 Å². The standard InChI is InChI=1S/C15H20N4O2/c1-2-21-15(20)9-6-10-16-11-13-12-17-19(18-13)14-7-4-3-5-8-14/h3-5,7-8,12,16H,2,6,9-11H2,1H3. The van der Waals surface area contributed by atoms with E-state index in [-0.39, 0.29) is 5.97 Å². The first-order valence-corrected chi connectivity index (χ1v) is 7.12. The van der Waals surface area contributed by atoms with Gasteiger partial charge in [0, 0.05) is 13.0 Å². The van der Waals surface area contributed by atoms with Crippen LogP contribution in [0, 0.1) is 0 Å². The topological polar surface area (TPSA) is 69.0 Å². The number of benzene rings is 1. The number of nitrogens with one attached hydrogen (secondary N) is 1. The molecule has 1 N–H and O–H groups in total. The lowest BCUT2D eigenvalue weighted by molar-refractivity contribution is -0.143. The maximum atomic E-state index is 11.2. The van der Waals surface area contributed by atoms with Crippen LogP contribution in [-0.2, 0) is 16.1 Å². The first-order valence-electron chi connectivity index (χ1n) is 7.12. The zero-order valence-electron chi connectivity index (χ0n) is 12.2. The molecule has 2 aromatic rings. The highest BCUT2D eigenvalue weighted by Gasteiger charge is 2.03. The highest BCUT2D eigenvalue weighted by Crippen LogP contribution is 2.04. The summed E-state index contributed by atoms with van der Waals surface area (Å²) in [4.78, 5) is 12.8. The van der Waals surface area contributed by atoms with Crippen molar-refractivity contribution < 1.29 is 9.53 Å². The Morgan fingerprint density at radius 1 is 1.33 bits per heavy atom. The van der Waals surface area contributed by atoms with E-state index >= 15 is 0 Å². The molecule has 0 bridgehead atoms. The normalized spacial score (nSPS) is 10.5. The van der Waals surface area contributed by atoms with E-state index in [2.05, 4.69) is 15.5 Å². The molecule has 0 saturated heterocycles. The van der Waals surface area contributed by atoms with Crippen molar-refractivity contribution in [3.05, 3.63) is 42.2 Å². The Hall–Kier alpha value is -2.21. The lowest BCUT2D eigenvalue weighted by atomic mass is 10.3. The van der Waals surface area contributed by atoms with Crippen molar-refractivity contribution in [3.8, 4) is 5.69 Å². The number of carbonyl (C=O) groups is 1. The summed E-state index contributed by atoms with van der Waals surface area (Å²) in [6, 6.07) is 9.77. The van der Waals surface area contributed by atoms with Gasteiger partial charge < -0.3 is 10.1 Å². The Balaban J connectivity index is 1.70. The number of ether oxygens (including phenoxy) is 1. The Labute approximate surface area is 124 Å². The van der Waals surface area contributed by atoms with Gasteiger partial charge in [-0.15, -0.1) is 0 Å². The second-order valence-electron chi connectivity index (χ2n) is 4.55. The molecule has 0 aliphatic carbocycles. The van der Waals surface area contributed by atoms with Crippen LogP contribution in [0.15, 0.2) is 36.5 Å². The molecule has 21 heavy (non-hydrogen) atoms. The van der Waals surface area contributed by atoms with Crippen LogP contribution in [0.25, 0.3) is 5.69 Å². The number of nitrogens with zero attached hydrogens (tertiary/aromatic N) is 3. The van der Waals surface area contributed by atoms with Gasteiger partial charge in [-0.25, -0.2) is 0 Å². The van der Waals surface area contributed by atoms with Crippen molar-refractivity contribution in [2.24, 2.45) is 0 Å². The lowest BCUT2D eigenvalue weighted by Gasteiger charge is -2.03. The zero-order valence-corrected chi connectivity index (χ0v) is 12.2. The molecule has 6 nitrogen and oxygen atoms in total. The summed E-state index contributed by atoms with van der Waals surface area (Å²) in [6.45, 7) is 3.63. The fourth-order valence-corrected chi connectivity index (χ4v) is 1.87. The molecule has 1 heterocycles. The molecule has 2 rings (SSSR count). The van der Waals surface area contributed by atoms with E-state index in [1.807, 2.05) is 37.3 Å². The summed E-state index contributed by atoms with van der Waals surface area (Å²) < 4.78 is 4.87. The summed E-state index contributed by atoms with van der Waals surface area (Å²) >= 11 is 0. The fraction of sp³-hybridized carbons (Fsp3) is 0.400. The first-order chi connectivity index (χ1) is 10.3. The Bertz CT molecular complexity index is 554. The molecule has 0 saturated carbocycles. The molecular formula is C15H20N4O2. The summed E-state index contributed by atoms with van der Waals surface area (Å²) in [6.07, 6.45) is 2.94. The number of aromatic nitrogens is 3. The van der Waals surface area contributed by atoms with E-state index in [1.165, 1.54) is 0 Å². The molecule has 1 aromatic carbocycles. The molecule has 0 radical (unpaired) electrons. The quantitative estimate of drug-likeness (QED) is 0.591. The van der Waals surface area contributed by atoms with Gasteiger partial charge in [0.15, 0.2) is 0 Å². The molecular weight excluding hydrogens is 268 g/mol. The molecule has 0 aliphatic heterocycles. The first kappa shape index (κ1) is 15.2. The minimum Gasteiger partial charge on any atom is -0.466 e. The SMILES string of the molecule is CCOC(=O)CCCNCc1cnn(-c2ccccc2)n1. The Morgan fingerprint density at radius 3 is 2.90 bits per heavy atom. The molecule has 0 atom stereocenters. The van der Waals surface area contributed by atoms with Gasteiger partial charge in [0.2, 0.25) is 0 Å². The molecule has 0 unspecified atom stereocenters. The van der Waals surface area contributed by atoms with Gasteiger partial charge in [-0.2, -0.15) is 15.0 Å². The predicted molar refractivity (Wildman–Crippen MR) is 78.9 cm³/mol. The molecule has 112 valence electrons. The van der Waals surface area contributed by atoms with Gasteiger partial charge in [0.05, 0.1) is 24.2 Å². The number of rotatable bonds is 8. The van der Waals surface area contributed by atoms with E-state index in [1.54, 1.807) is 11.0 Å². The Morgan fingerprint density at radius 2 is 2.14 bits per heavy atom. The molecule has 0 aliphatic rings. The minimum absolute atomic E-state index is 0.144. The van der Waals surface area contributed by atoms with E-state index in [0.717, 1.165) is 24.3 Å². The third-order valence-corrected chi connectivity index (χ3v) is 2.87.